The predicted molar refractivity (Wildman–Crippen MR) is 66.8 cm³/mol. The van der Waals surface area contributed by atoms with Gasteiger partial charge < -0.3 is 10.4 Å². The second-order valence-corrected chi connectivity index (χ2v) is 5.07. The molecule has 1 heterocycles. The Labute approximate surface area is 102 Å². The average Bonchev–Trinajstić information content (AvgIpc) is 2.47. The second kappa shape index (κ2) is 5.17. The second-order valence-electron chi connectivity index (χ2n) is 4.63. The summed E-state index contributed by atoms with van der Waals surface area (Å²) in [5.41, 5.74) is 0.617. The quantitative estimate of drug-likeness (QED) is 0.831. The van der Waals surface area contributed by atoms with Crippen molar-refractivity contribution in [2.75, 3.05) is 13.1 Å². The lowest BCUT2D eigenvalue weighted by atomic mass is 9.88. The van der Waals surface area contributed by atoms with E-state index < -0.39 is 5.60 Å². The van der Waals surface area contributed by atoms with E-state index in [2.05, 4.69) is 5.32 Å². The average molecular weight is 240 g/mol. The summed E-state index contributed by atoms with van der Waals surface area (Å²) in [6.45, 7) is 1.92. The summed E-state index contributed by atoms with van der Waals surface area (Å²) in [7, 11) is 0. The van der Waals surface area contributed by atoms with E-state index in [0.717, 1.165) is 49.4 Å². The molecule has 0 radical (unpaired) electrons. The maximum atomic E-state index is 10.5. The molecule has 2 nitrogen and oxygen atoms in total. The van der Waals surface area contributed by atoms with E-state index in [9.17, 15) is 5.11 Å². The molecule has 0 aliphatic carbocycles. The smallest absolute Gasteiger partial charge is 0.0700 e. The third-order valence-corrected chi connectivity index (χ3v) is 3.46. The number of rotatable bonds is 2. The van der Waals surface area contributed by atoms with Crippen molar-refractivity contribution in [3.8, 4) is 0 Å². The Morgan fingerprint density at radius 3 is 2.69 bits per heavy atom. The molecule has 0 saturated carbocycles. The largest absolute Gasteiger partial charge is 0.389 e. The van der Waals surface area contributed by atoms with Crippen LogP contribution < -0.4 is 5.32 Å². The summed E-state index contributed by atoms with van der Waals surface area (Å²) in [4.78, 5) is 0. The van der Waals surface area contributed by atoms with Gasteiger partial charge in [-0.25, -0.2) is 0 Å². The van der Waals surface area contributed by atoms with Gasteiger partial charge in [-0.15, -0.1) is 0 Å². The highest BCUT2D eigenvalue weighted by Crippen LogP contribution is 2.24. The molecular weight excluding hydrogens is 222 g/mol. The first-order valence-corrected chi connectivity index (χ1v) is 6.23. The summed E-state index contributed by atoms with van der Waals surface area (Å²) >= 11 is 5.84. The van der Waals surface area contributed by atoms with E-state index in [1.807, 2.05) is 24.3 Å². The van der Waals surface area contributed by atoms with Crippen LogP contribution in [0.2, 0.25) is 5.02 Å². The first-order valence-electron chi connectivity index (χ1n) is 5.86. The van der Waals surface area contributed by atoms with Crippen LogP contribution in [0.4, 0.5) is 0 Å². The molecule has 1 saturated heterocycles. The van der Waals surface area contributed by atoms with Crippen molar-refractivity contribution in [3.05, 3.63) is 34.9 Å². The maximum absolute atomic E-state index is 10.5. The Kier molecular flexibility index (Phi) is 3.85. The van der Waals surface area contributed by atoms with Crippen LogP contribution in [-0.2, 0) is 6.42 Å². The molecule has 1 unspecified atom stereocenters. The normalized spacial score (nSPS) is 26.4. The Balaban J connectivity index is 2.04. The molecule has 1 aromatic carbocycles. The molecular formula is C13H18ClNO. The van der Waals surface area contributed by atoms with Crippen molar-refractivity contribution in [2.24, 2.45) is 0 Å². The lowest BCUT2D eigenvalue weighted by Gasteiger charge is -2.26. The van der Waals surface area contributed by atoms with E-state index in [1.54, 1.807) is 0 Å². The van der Waals surface area contributed by atoms with Gasteiger partial charge in [0.1, 0.15) is 0 Å². The first-order chi connectivity index (χ1) is 7.68. The van der Waals surface area contributed by atoms with Crippen LogP contribution in [0, 0.1) is 0 Å². The van der Waals surface area contributed by atoms with Gasteiger partial charge in [-0.05, 0) is 50.0 Å². The third kappa shape index (κ3) is 3.21. The molecule has 88 valence electrons. The molecule has 1 aliphatic rings. The van der Waals surface area contributed by atoms with E-state index in [1.165, 1.54) is 0 Å². The van der Waals surface area contributed by atoms with Crippen molar-refractivity contribution in [1.29, 1.82) is 0 Å². The molecule has 0 aromatic heterocycles. The van der Waals surface area contributed by atoms with Gasteiger partial charge in [0, 0.05) is 11.4 Å². The number of nitrogens with one attached hydrogen (secondary N) is 1. The van der Waals surface area contributed by atoms with E-state index in [4.69, 9.17) is 11.6 Å². The van der Waals surface area contributed by atoms with Crippen LogP contribution in [0.5, 0.6) is 0 Å². The van der Waals surface area contributed by atoms with E-state index in [-0.39, 0.29) is 0 Å². The summed E-state index contributed by atoms with van der Waals surface area (Å²) in [6.07, 6.45) is 3.48. The van der Waals surface area contributed by atoms with Gasteiger partial charge in [0.15, 0.2) is 0 Å². The van der Waals surface area contributed by atoms with Crippen LogP contribution in [0.15, 0.2) is 24.3 Å². The Morgan fingerprint density at radius 2 is 1.94 bits per heavy atom. The van der Waals surface area contributed by atoms with Gasteiger partial charge >= 0.3 is 0 Å². The summed E-state index contributed by atoms with van der Waals surface area (Å²) in [6, 6.07) is 7.77. The number of benzene rings is 1. The molecule has 1 aromatic rings. The first kappa shape index (κ1) is 11.9. The van der Waals surface area contributed by atoms with Crippen LogP contribution in [-0.4, -0.2) is 23.8 Å². The van der Waals surface area contributed by atoms with Crippen LogP contribution in [0.25, 0.3) is 0 Å². The molecule has 0 amide bonds. The zero-order chi connectivity index (χ0) is 11.4. The van der Waals surface area contributed by atoms with Gasteiger partial charge in [0.2, 0.25) is 0 Å². The highest BCUT2D eigenvalue weighted by atomic mass is 35.5. The SMILES string of the molecule is OC1(Cc2ccc(Cl)cc2)CCCNCC1. The standard InChI is InChI=1S/C13H18ClNO/c14-12-4-2-11(3-5-12)10-13(16)6-1-8-15-9-7-13/h2-5,15-16H,1,6-10H2. The van der Waals surface area contributed by atoms with Crippen LogP contribution in [0.3, 0.4) is 0 Å². The van der Waals surface area contributed by atoms with Gasteiger partial charge in [0.25, 0.3) is 0 Å². The van der Waals surface area contributed by atoms with E-state index >= 15 is 0 Å². The zero-order valence-corrected chi connectivity index (χ0v) is 10.1. The number of hydrogen-bond acceptors (Lipinski definition) is 2. The fourth-order valence-electron chi connectivity index (χ4n) is 2.27. The van der Waals surface area contributed by atoms with Gasteiger partial charge in [0.05, 0.1) is 5.60 Å². The summed E-state index contributed by atoms with van der Waals surface area (Å²) < 4.78 is 0. The Morgan fingerprint density at radius 1 is 1.19 bits per heavy atom. The minimum absolute atomic E-state index is 0.544. The molecule has 1 fully saturated rings. The van der Waals surface area contributed by atoms with Crippen LogP contribution in [0.1, 0.15) is 24.8 Å². The number of hydrogen-bond donors (Lipinski definition) is 2. The summed E-state index contributed by atoms with van der Waals surface area (Å²) in [5, 5.41) is 14.6. The molecule has 1 atom stereocenters. The van der Waals surface area contributed by atoms with Gasteiger partial charge in [-0.1, -0.05) is 23.7 Å². The fourth-order valence-corrected chi connectivity index (χ4v) is 2.40. The van der Waals surface area contributed by atoms with Crippen molar-refractivity contribution in [3.63, 3.8) is 0 Å². The van der Waals surface area contributed by atoms with Gasteiger partial charge in [-0.3, -0.25) is 0 Å². The van der Waals surface area contributed by atoms with E-state index in [0.29, 0.717) is 0 Å². The molecule has 0 bridgehead atoms. The molecule has 2 rings (SSSR count). The zero-order valence-electron chi connectivity index (χ0n) is 9.38. The maximum Gasteiger partial charge on any atom is 0.0700 e. The third-order valence-electron chi connectivity index (χ3n) is 3.21. The van der Waals surface area contributed by atoms with Crippen molar-refractivity contribution in [2.45, 2.75) is 31.3 Å². The lowest BCUT2D eigenvalue weighted by molar-refractivity contribution is 0.0285. The van der Waals surface area contributed by atoms with Gasteiger partial charge in [-0.2, -0.15) is 0 Å². The topological polar surface area (TPSA) is 32.3 Å². The molecule has 16 heavy (non-hydrogen) atoms. The monoisotopic (exact) mass is 239 g/mol. The minimum atomic E-state index is -0.544. The van der Waals surface area contributed by atoms with Crippen molar-refractivity contribution in [1.82, 2.24) is 5.32 Å². The predicted octanol–water partition coefficient (Wildman–Crippen LogP) is 2.39. The highest BCUT2D eigenvalue weighted by molar-refractivity contribution is 6.30. The van der Waals surface area contributed by atoms with Crippen LogP contribution >= 0.6 is 11.6 Å². The highest BCUT2D eigenvalue weighted by Gasteiger charge is 2.27. The Hall–Kier alpha value is -0.570. The lowest BCUT2D eigenvalue weighted by Crippen LogP contribution is -2.32. The van der Waals surface area contributed by atoms with Crippen molar-refractivity contribution < 1.29 is 5.11 Å². The molecule has 2 N–H and O–H groups in total. The molecule has 0 spiro atoms. The minimum Gasteiger partial charge on any atom is -0.389 e. The van der Waals surface area contributed by atoms with Crippen molar-refractivity contribution >= 4 is 11.6 Å². The Bertz CT molecular complexity index is 328. The summed E-state index contributed by atoms with van der Waals surface area (Å²) in [5.74, 6) is 0. The molecule has 3 heteroatoms. The molecule has 1 aliphatic heterocycles. The number of halogens is 1. The fraction of sp³-hybridized carbons (Fsp3) is 0.538. The number of aliphatic hydroxyl groups is 1.